The average molecular weight is 538 g/mol. The third-order valence-corrected chi connectivity index (χ3v) is 8.46. The Bertz CT molecular complexity index is 1680. The predicted molar refractivity (Wildman–Crippen MR) is 139 cm³/mol. The van der Waals surface area contributed by atoms with Crippen LogP contribution in [0, 0.1) is 6.92 Å². The Morgan fingerprint density at radius 1 is 1.03 bits per heavy atom. The highest BCUT2D eigenvalue weighted by atomic mass is 32.2. The summed E-state index contributed by atoms with van der Waals surface area (Å²) in [7, 11) is -0.959. The van der Waals surface area contributed by atoms with Crippen molar-refractivity contribution in [2.24, 2.45) is 0 Å². The summed E-state index contributed by atoms with van der Waals surface area (Å²) in [5, 5.41) is 18.4. The molecule has 0 saturated heterocycles. The minimum Gasteiger partial charge on any atom is -0.494 e. The van der Waals surface area contributed by atoms with Gasteiger partial charge in [-0.25, -0.2) is 13.4 Å². The third kappa shape index (κ3) is 4.41. The number of aliphatic hydroxyl groups is 1. The summed E-state index contributed by atoms with van der Waals surface area (Å²) in [6, 6.07) is 14.1. The van der Waals surface area contributed by atoms with Crippen molar-refractivity contribution >= 4 is 15.5 Å². The van der Waals surface area contributed by atoms with Crippen molar-refractivity contribution in [3.8, 4) is 28.8 Å². The molecule has 0 unspecified atom stereocenters. The Kier molecular flexibility index (Phi) is 6.67. The zero-order valence-electron chi connectivity index (χ0n) is 21.3. The lowest BCUT2D eigenvalue weighted by Crippen LogP contribution is -2.28. The van der Waals surface area contributed by atoms with Crippen LogP contribution < -0.4 is 9.47 Å². The molecule has 1 aromatic carbocycles. The Balaban J connectivity index is 1.59. The van der Waals surface area contributed by atoms with Crippen LogP contribution in [0.1, 0.15) is 30.3 Å². The quantitative estimate of drug-likeness (QED) is 0.300. The molecule has 5 aromatic rings. The van der Waals surface area contributed by atoms with Crippen LogP contribution in [0.2, 0.25) is 0 Å². The molecule has 0 aliphatic rings. The van der Waals surface area contributed by atoms with Crippen LogP contribution in [0.4, 0.5) is 0 Å². The lowest BCUT2D eigenvalue weighted by Gasteiger charge is -2.20. The molecule has 2 atom stereocenters. The molecule has 5 rings (SSSR count). The highest BCUT2D eigenvalue weighted by molar-refractivity contribution is 7.91. The minimum absolute atomic E-state index is 0.106. The number of fused-ring (bicyclic) bond motifs is 1. The molecule has 0 amide bonds. The van der Waals surface area contributed by atoms with E-state index in [-0.39, 0.29) is 11.6 Å². The smallest absolute Gasteiger partial charge is 0.204 e. The summed E-state index contributed by atoms with van der Waals surface area (Å²) in [4.78, 5) is 4.26. The number of methoxy groups -OCH3 is 2. The number of rotatable bonds is 9. The summed E-state index contributed by atoms with van der Waals surface area (Å²) in [5.41, 5.74) is 1.40. The van der Waals surface area contributed by atoms with Gasteiger partial charge in [0.1, 0.15) is 40.5 Å². The molecule has 0 aliphatic carbocycles. The summed E-state index contributed by atoms with van der Waals surface area (Å²) in [6.45, 7) is 3.26. The van der Waals surface area contributed by atoms with E-state index >= 15 is 0 Å². The third-order valence-electron chi connectivity index (χ3n) is 6.41. The van der Waals surface area contributed by atoms with Gasteiger partial charge in [-0.05, 0) is 50.2 Å². The van der Waals surface area contributed by atoms with E-state index in [1.807, 2.05) is 6.07 Å². The molecule has 198 valence electrons. The second-order valence-electron chi connectivity index (χ2n) is 8.77. The van der Waals surface area contributed by atoms with Crippen LogP contribution in [-0.4, -0.2) is 57.1 Å². The number of benzene rings is 1. The van der Waals surface area contributed by atoms with Crippen molar-refractivity contribution in [3.63, 3.8) is 0 Å². The van der Waals surface area contributed by atoms with E-state index in [2.05, 4.69) is 15.2 Å². The van der Waals surface area contributed by atoms with Crippen LogP contribution in [0.15, 0.2) is 65.3 Å². The number of aryl methyl sites for hydroxylation is 1. The largest absolute Gasteiger partial charge is 0.494 e. The zero-order valence-corrected chi connectivity index (χ0v) is 22.1. The number of aromatic nitrogens is 5. The number of aliphatic hydroxyl groups excluding tert-OH is 1. The van der Waals surface area contributed by atoms with Gasteiger partial charge in [0.2, 0.25) is 5.82 Å². The van der Waals surface area contributed by atoms with Gasteiger partial charge in [0.05, 0.1) is 31.4 Å². The van der Waals surface area contributed by atoms with E-state index in [0.29, 0.717) is 40.0 Å². The lowest BCUT2D eigenvalue weighted by molar-refractivity contribution is 0.170. The Hall–Kier alpha value is -4.16. The molecular weight excluding hydrogens is 510 g/mol. The number of furan rings is 1. The predicted octanol–water partition coefficient (Wildman–Crippen LogP) is 3.54. The number of sulfone groups is 1. The number of nitrogens with zero attached hydrogens (tertiary/aromatic N) is 5. The molecule has 12 heteroatoms. The van der Waals surface area contributed by atoms with E-state index < -0.39 is 26.9 Å². The summed E-state index contributed by atoms with van der Waals surface area (Å²) < 4.78 is 47.5. The first kappa shape index (κ1) is 25.5. The first-order valence-electron chi connectivity index (χ1n) is 11.8. The molecule has 4 heterocycles. The molecule has 1 N–H and O–H groups in total. The molecule has 0 bridgehead atoms. The number of hydrogen-bond acceptors (Lipinski definition) is 9. The van der Waals surface area contributed by atoms with Crippen LogP contribution in [-0.2, 0) is 15.6 Å². The standard InChI is InChI=1S/C26H27N5O6S/c1-16-11-12-21(37-16)26-29-28-23(31(26)24-19(35-3)8-7-9-20(24)36-4)15-38(33,34)17(2)25(32)18-14-27-22-10-5-6-13-30(18)22/h5-14,17,25,32H,15H2,1-4H3/t17-,25+/m1/s1. The summed E-state index contributed by atoms with van der Waals surface area (Å²) in [6.07, 6.45) is 1.87. The molecule has 0 fully saturated rings. The normalized spacial score (nSPS) is 13.5. The average Bonchev–Trinajstić information content (AvgIpc) is 3.65. The fraction of sp³-hybridized carbons (Fsp3) is 0.269. The Labute approximate surface area is 219 Å². The van der Waals surface area contributed by atoms with Gasteiger partial charge in [0.25, 0.3) is 0 Å². The van der Waals surface area contributed by atoms with Crippen molar-refractivity contribution in [1.29, 1.82) is 0 Å². The monoisotopic (exact) mass is 537 g/mol. The SMILES string of the molecule is COc1cccc(OC)c1-n1c(CS(=O)(=O)[C@H](C)[C@H](O)c2cnc3ccccn23)nnc1-c1ccc(C)o1. The molecule has 4 aromatic heterocycles. The van der Waals surface area contributed by atoms with Gasteiger partial charge in [-0.15, -0.1) is 10.2 Å². The van der Waals surface area contributed by atoms with Crippen molar-refractivity contribution in [2.45, 2.75) is 31.0 Å². The van der Waals surface area contributed by atoms with Crippen molar-refractivity contribution < 1.29 is 27.4 Å². The fourth-order valence-electron chi connectivity index (χ4n) is 4.33. The molecule has 0 radical (unpaired) electrons. The number of pyridine rings is 1. The lowest BCUT2D eigenvalue weighted by atomic mass is 10.2. The zero-order chi connectivity index (χ0) is 27.0. The first-order valence-corrected chi connectivity index (χ1v) is 13.5. The maximum absolute atomic E-state index is 13.7. The van der Waals surface area contributed by atoms with Gasteiger partial charge >= 0.3 is 0 Å². The van der Waals surface area contributed by atoms with Gasteiger partial charge in [-0.2, -0.15) is 0 Å². The Morgan fingerprint density at radius 2 is 1.76 bits per heavy atom. The number of hydrogen-bond donors (Lipinski definition) is 1. The van der Waals surface area contributed by atoms with E-state index in [9.17, 15) is 13.5 Å². The van der Waals surface area contributed by atoms with Crippen LogP contribution in [0.3, 0.4) is 0 Å². The molecule has 0 saturated carbocycles. The van der Waals surface area contributed by atoms with Crippen molar-refractivity contribution in [1.82, 2.24) is 24.1 Å². The minimum atomic E-state index is -3.97. The number of para-hydroxylation sites is 1. The summed E-state index contributed by atoms with van der Waals surface area (Å²) >= 11 is 0. The second-order valence-corrected chi connectivity index (χ2v) is 11.1. The maximum Gasteiger partial charge on any atom is 0.204 e. The fourth-order valence-corrected chi connectivity index (χ4v) is 5.67. The van der Waals surface area contributed by atoms with Gasteiger partial charge in [0, 0.05) is 6.20 Å². The van der Waals surface area contributed by atoms with Crippen LogP contribution in [0.5, 0.6) is 11.5 Å². The van der Waals surface area contributed by atoms with Crippen molar-refractivity contribution in [3.05, 3.63) is 78.2 Å². The highest BCUT2D eigenvalue weighted by Gasteiger charge is 2.34. The topological polar surface area (TPSA) is 134 Å². The van der Waals surface area contributed by atoms with E-state index in [4.69, 9.17) is 13.9 Å². The number of ether oxygens (including phenoxy) is 2. The van der Waals surface area contributed by atoms with E-state index in [1.54, 1.807) is 64.6 Å². The Morgan fingerprint density at radius 3 is 2.42 bits per heavy atom. The molecule has 38 heavy (non-hydrogen) atoms. The summed E-state index contributed by atoms with van der Waals surface area (Å²) in [5.74, 6) is 1.76. The van der Waals surface area contributed by atoms with Crippen LogP contribution >= 0.6 is 0 Å². The number of imidazole rings is 1. The van der Waals surface area contributed by atoms with Gasteiger partial charge < -0.3 is 23.4 Å². The molecule has 11 nitrogen and oxygen atoms in total. The van der Waals surface area contributed by atoms with Crippen molar-refractivity contribution in [2.75, 3.05) is 14.2 Å². The highest BCUT2D eigenvalue weighted by Crippen LogP contribution is 2.37. The second kappa shape index (κ2) is 9.95. The van der Waals surface area contributed by atoms with Gasteiger partial charge in [0.15, 0.2) is 21.4 Å². The van der Waals surface area contributed by atoms with Crippen LogP contribution in [0.25, 0.3) is 22.9 Å². The molecule has 0 aliphatic heterocycles. The maximum atomic E-state index is 13.7. The first-order chi connectivity index (χ1) is 18.2. The van der Waals surface area contributed by atoms with Gasteiger partial charge in [-0.1, -0.05) is 12.1 Å². The van der Waals surface area contributed by atoms with E-state index in [0.717, 1.165) is 0 Å². The van der Waals surface area contributed by atoms with E-state index in [1.165, 1.54) is 27.3 Å². The van der Waals surface area contributed by atoms with Gasteiger partial charge in [-0.3, -0.25) is 4.57 Å². The molecule has 0 spiro atoms. The molecular formula is C26H27N5O6S.